The molecule has 1 spiro atoms. The minimum absolute atomic E-state index is 0.0588. The number of rotatable bonds is 3. The first-order chi connectivity index (χ1) is 16.3. The Kier molecular flexibility index (Phi) is 5.56. The number of hydrogen-bond acceptors (Lipinski definition) is 3. The Balaban J connectivity index is 1.53. The van der Waals surface area contributed by atoms with Gasteiger partial charge in [0.25, 0.3) is 5.91 Å². The smallest absolute Gasteiger partial charge is 0.308 e. The number of fused-ring (bicyclic) bond motifs is 2. The van der Waals surface area contributed by atoms with Crippen molar-refractivity contribution in [3.8, 4) is 0 Å². The number of halogens is 2. The standard InChI is InChI=1S/C26H23F2N3O2S/c1-16-3-8-20(9-4-16)29-25(33)31-11-12-34-26(31)21-13-17(2)5-10-23(21)30(24(26)32)15-18-6-7-19(27)14-22(18)28/h3-10,13-14H,11-12,15H2,1-2H3,(H,29,33)/t26-/m0/s1. The van der Waals surface area contributed by atoms with E-state index in [4.69, 9.17) is 0 Å². The van der Waals surface area contributed by atoms with Crippen LogP contribution in [-0.2, 0) is 16.2 Å². The van der Waals surface area contributed by atoms with E-state index in [9.17, 15) is 18.4 Å². The van der Waals surface area contributed by atoms with Gasteiger partial charge in [-0.15, -0.1) is 11.8 Å². The summed E-state index contributed by atoms with van der Waals surface area (Å²) in [6.07, 6.45) is 0. The second-order valence-corrected chi connectivity index (χ2v) is 9.88. The van der Waals surface area contributed by atoms with E-state index in [2.05, 4.69) is 5.32 Å². The fourth-order valence-corrected chi connectivity index (χ4v) is 5.99. The largest absolute Gasteiger partial charge is 0.323 e. The second kappa shape index (κ2) is 8.43. The van der Waals surface area contributed by atoms with Gasteiger partial charge in [0.15, 0.2) is 4.87 Å². The normalized spacial score (nSPS) is 19.1. The molecule has 0 unspecified atom stereocenters. The van der Waals surface area contributed by atoms with Crippen molar-refractivity contribution in [2.24, 2.45) is 0 Å². The molecule has 174 valence electrons. The van der Waals surface area contributed by atoms with E-state index >= 15 is 0 Å². The van der Waals surface area contributed by atoms with Crippen LogP contribution in [0, 0.1) is 25.5 Å². The summed E-state index contributed by atoms with van der Waals surface area (Å²) < 4.78 is 27.9. The molecular formula is C26H23F2N3O2S. The Labute approximate surface area is 200 Å². The lowest BCUT2D eigenvalue weighted by atomic mass is 10.0. The second-order valence-electron chi connectivity index (χ2n) is 8.59. The quantitative estimate of drug-likeness (QED) is 0.535. The van der Waals surface area contributed by atoms with E-state index in [0.29, 0.717) is 29.2 Å². The number of urea groups is 1. The third-order valence-electron chi connectivity index (χ3n) is 6.24. The fraction of sp³-hybridized carbons (Fsp3) is 0.231. The number of nitrogens with zero attached hydrogens (tertiary/aromatic N) is 2. The van der Waals surface area contributed by atoms with Gasteiger partial charge in [0.2, 0.25) is 0 Å². The van der Waals surface area contributed by atoms with Crippen LogP contribution in [0.4, 0.5) is 25.0 Å². The van der Waals surface area contributed by atoms with Gasteiger partial charge in [-0.3, -0.25) is 9.69 Å². The molecule has 5 rings (SSSR count). The topological polar surface area (TPSA) is 52.7 Å². The van der Waals surface area contributed by atoms with Crippen molar-refractivity contribution in [2.75, 3.05) is 22.5 Å². The average Bonchev–Trinajstić information content (AvgIpc) is 3.34. The Hall–Kier alpha value is -3.39. The fourth-order valence-electron chi connectivity index (χ4n) is 4.53. The van der Waals surface area contributed by atoms with E-state index in [1.807, 2.05) is 56.3 Å². The highest BCUT2D eigenvalue weighted by molar-refractivity contribution is 8.01. The van der Waals surface area contributed by atoms with Crippen molar-refractivity contribution in [1.29, 1.82) is 0 Å². The number of carbonyl (C=O) groups excluding carboxylic acids is 2. The number of hydrogen-bond donors (Lipinski definition) is 1. The molecule has 2 aliphatic heterocycles. The van der Waals surface area contributed by atoms with Crippen LogP contribution < -0.4 is 10.2 Å². The summed E-state index contributed by atoms with van der Waals surface area (Å²) in [5.41, 5.74) is 4.21. The first-order valence-corrected chi connectivity index (χ1v) is 11.9. The highest BCUT2D eigenvalue weighted by Crippen LogP contribution is 2.54. The molecule has 2 aliphatic rings. The minimum Gasteiger partial charge on any atom is -0.308 e. The van der Waals surface area contributed by atoms with Crippen molar-refractivity contribution in [3.05, 3.63) is 94.6 Å². The van der Waals surface area contributed by atoms with E-state index in [1.165, 1.54) is 28.8 Å². The van der Waals surface area contributed by atoms with Gasteiger partial charge in [0, 0.05) is 35.2 Å². The molecule has 2 heterocycles. The number of carbonyl (C=O) groups is 2. The maximum Gasteiger partial charge on any atom is 0.323 e. The SMILES string of the molecule is Cc1ccc(NC(=O)N2CCS[C@@]23C(=O)N(Cc2ccc(F)cc2F)c2ccc(C)cc23)cc1. The molecule has 0 saturated carbocycles. The summed E-state index contributed by atoms with van der Waals surface area (Å²) in [5, 5.41) is 2.91. The van der Waals surface area contributed by atoms with Crippen LogP contribution in [-0.4, -0.2) is 29.1 Å². The molecular weight excluding hydrogens is 456 g/mol. The molecule has 0 bridgehead atoms. The van der Waals surface area contributed by atoms with Gasteiger partial charge >= 0.3 is 6.03 Å². The van der Waals surface area contributed by atoms with Crippen LogP contribution in [0.5, 0.6) is 0 Å². The summed E-state index contributed by atoms with van der Waals surface area (Å²) in [4.78, 5) is 29.2. The molecule has 0 aromatic heterocycles. The van der Waals surface area contributed by atoms with Gasteiger partial charge < -0.3 is 10.2 Å². The van der Waals surface area contributed by atoms with Crippen LogP contribution in [0.3, 0.4) is 0 Å². The minimum atomic E-state index is -1.24. The van der Waals surface area contributed by atoms with Crippen LogP contribution in [0.1, 0.15) is 22.3 Å². The number of amides is 3. The van der Waals surface area contributed by atoms with E-state index in [0.717, 1.165) is 17.2 Å². The predicted octanol–water partition coefficient (Wildman–Crippen LogP) is 5.56. The molecule has 5 nitrogen and oxygen atoms in total. The number of anilines is 2. The third kappa shape index (κ3) is 3.62. The number of nitrogens with one attached hydrogen (secondary N) is 1. The van der Waals surface area contributed by atoms with Gasteiger partial charge in [0.05, 0.1) is 12.2 Å². The van der Waals surface area contributed by atoms with Crippen molar-refractivity contribution < 1.29 is 18.4 Å². The zero-order chi connectivity index (χ0) is 24.0. The molecule has 3 aromatic rings. The van der Waals surface area contributed by atoms with Gasteiger partial charge in [-0.05, 0) is 38.1 Å². The zero-order valence-electron chi connectivity index (χ0n) is 18.8. The highest BCUT2D eigenvalue weighted by atomic mass is 32.2. The van der Waals surface area contributed by atoms with Gasteiger partial charge in [-0.25, -0.2) is 13.6 Å². The van der Waals surface area contributed by atoms with Crippen molar-refractivity contribution >= 4 is 35.1 Å². The van der Waals surface area contributed by atoms with Crippen molar-refractivity contribution in [3.63, 3.8) is 0 Å². The van der Waals surface area contributed by atoms with Crippen LogP contribution in [0.2, 0.25) is 0 Å². The van der Waals surface area contributed by atoms with E-state index in [-0.39, 0.29) is 24.0 Å². The molecule has 34 heavy (non-hydrogen) atoms. The first-order valence-electron chi connectivity index (χ1n) is 11.0. The molecule has 8 heteroatoms. The molecule has 3 aromatic carbocycles. The van der Waals surface area contributed by atoms with Gasteiger partial charge in [-0.1, -0.05) is 41.5 Å². The Morgan fingerprint density at radius 2 is 1.76 bits per heavy atom. The molecule has 1 atom stereocenters. The van der Waals surface area contributed by atoms with Crippen molar-refractivity contribution in [2.45, 2.75) is 25.3 Å². The number of thioether (sulfide) groups is 1. The van der Waals surface area contributed by atoms with E-state index < -0.39 is 16.5 Å². The summed E-state index contributed by atoms with van der Waals surface area (Å²) >= 11 is 1.40. The van der Waals surface area contributed by atoms with Crippen molar-refractivity contribution in [1.82, 2.24) is 4.90 Å². The van der Waals surface area contributed by atoms with Crippen LogP contribution in [0.25, 0.3) is 0 Å². The molecule has 1 N–H and O–H groups in total. The summed E-state index contributed by atoms with van der Waals surface area (Å²) in [7, 11) is 0. The highest BCUT2D eigenvalue weighted by Gasteiger charge is 2.59. The summed E-state index contributed by atoms with van der Waals surface area (Å²) in [5.74, 6) is -1.11. The van der Waals surface area contributed by atoms with Gasteiger partial charge in [-0.2, -0.15) is 0 Å². The van der Waals surface area contributed by atoms with E-state index in [1.54, 1.807) is 4.90 Å². The summed E-state index contributed by atoms with van der Waals surface area (Å²) in [6.45, 7) is 4.22. The molecule has 1 saturated heterocycles. The lowest BCUT2D eigenvalue weighted by Crippen LogP contribution is -2.51. The molecule has 3 amide bonds. The maximum absolute atomic E-state index is 14.5. The zero-order valence-corrected chi connectivity index (χ0v) is 19.6. The predicted molar refractivity (Wildman–Crippen MR) is 130 cm³/mol. The number of aryl methyl sites for hydroxylation is 2. The lowest BCUT2D eigenvalue weighted by molar-refractivity contribution is -0.123. The maximum atomic E-state index is 14.5. The molecule has 0 aliphatic carbocycles. The Morgan fingerprint density at radius 1 is 1.03 bits per heavy atom. The lowest BCUT2D eigenvalue weighted by Gasteiger charge is -2.33. The molecule has 0 radical (unpaired) electrons. The van der Waals surface area contributed by atoms with Gasteiger partial charge in [0.1, 0.15) is 11.6 Å². The Bertz CT molecular complexity index is 1300. The first kappa shape index (κ1) is 22.4. The number of benzene rings is 3. The average molecular weight is 480 g/mol. The monoisotopic (exact) mass is 479 g/mol. The Morgan fingerprint density at radius 3 is 2.50 bits per heavy atom. The van der Waals surface area contributed by atoms with Crippen LogP contribution >= 0.6 is 11.8 Å². The third-order valence-corrected chi connectivity index (χ3v) is 7.66. The van der Waals surface area contributed by atoms with Crippen LogP contribution in [0.15, 0.2) is 60.7 Å². The molecule has 1 fully saturated rings. The summed E-state index contributed by atoms with van der Waals surface area (Å²) in [6, 6.07) is 16.0.